The number of benzene rings is 2. The standard InChI is InChI=1S/C21H21ClN4O3S2/c1-14-2-4-16(5-3-14)13-30-21-25-12-18(22)19(26-21)20(27)24-11-10-15-6-8-17(9-7-15)31(23,28)29/h2-9,12H,10-11,13H2,1H3,(H,24,27)(H2,23,28,29). The van der Waals surface area contributed by atoms with Crippen molar-refractivity contribution in [3.05, 3.63) is 82.1 Å². The fraction of sp³-hybridized carbons (Fsp3) is 0.190. The Morgan fingerprint density at radius 3 is 2.39 bits per heavy atom. The highest BCUT2D eigenvalue weighted by Crippen LogP contribution is 2.22. The Labute approximate surface area is 190 Å². The van der Waals surface area contributed by atoms with Crippen LogP contribution < -0.4 is 10.5 Å². The van der Waals surface area contributed by atoms with E-state index in [0.717, 1.165) is 11.1 Å². The van der Waals surface area contributed by atoms with E-state index in [-0.39, 0.29) is 15.6 Å². The zero-order valence-electron chi connectivity index (χ0n) is 16.7. The van der Waals surface area contributed by atoms with Gasteiger partial charge in [-0.25, -0.2) is 23.5 Å². The first-order valence-electron chi connectivity index (χ1n) is 9.33. The maximum Gasteiger partial charge on any atom is 0.271 e. The molecule has 31 heavy (non-hydrogen) atoms. The molecular formula is C21H21ClN4O3S2. The van der Waals surface area contributed by atoms with Gasteiger partial charge in [-0.1, -0.05) is 65.3 Å². The molecule has 3 rings (SSSR count). The largest absolute Gasteiger partial charge is 0.350 e. The molecule has 3 aromatic rings. The number of rotatable bonds is 8. The number of primary sulfonamides is 1. The summed E-state index contributed by atoms with van der Waals surface area (Å²) in [7, 11) is -3.72. The lowest BCUT2D eigenvalue weighted by atomic mass is 10.1. The Morgan fingerprint density at radius 2 is 1.74 bits per heavy atom. The smallest absolute Gasteiger partial charge is 0.271 e. The summed E-state index contributed by atoms with van der Waals surface area (Å²) in [5, 5.41) is 8.50. The Balaban J connectivity index is 1.57. The minimum atomic E-state index is -3.72. The number of thioether (sulfide) groups is 1. The van der Waals surface area contributed by atoms with E-state index < -0.39 is 15.9 Å². The lowest BCUT2D eigenvalue weighted by Crippen LogP contribution is -2.27. The second-order valence-electron chi connectivity index (χ2n) is 6.82. The van der Waals surface area contributed by atoms with Gasteiger partial charge >= 0.3 is 0 Å². The number of carbonyl (C=O) groups is 1. The molecule has 0 spiro atoms. The summed E-state index contributed by atoms with van der Waals surface area (Å²) in [5.41, 5.74) is 3.30. The van der Waals surface area contributed by atoms with Gasteiger partial charge in [-0.05, 0) is 36.6 Å². The Hall–Kier alpha value is -2.46. The highest BCUT2D eigenvalue weighted by Gasteiger charge is 2.14. The number of sulfonamides is 1. The number of halogens is 1. The molecule has 3 N–H and O–H groups in total. The fourth-order valence-electron chi connectivity index (χ4n) is 2.66. The Morgan fingerprint density at radius 1 is 1.10 bits per heavy atom. The molecule has 1 amide bonds. The first kappa shape index (κ1) is 23.2. The van der Waals surface area contributed by atoms with Crippen LogP contribution in [0.3, 0.4) is 0 Å². The summed E-state index contributed by atoms with van der Waals surface area (Å²) in [6.45, 7) is 2.36. The first-order valence-corrected chi connectivity index (χ1v) is 12.2. The second-order valence-corrected chi connectivity index (χ2v) is 9.73. The first-order chi connectivity index (χ1) is 14.7. The van der Waals surface area contributed by atoms with Crippen LogP contribution in [0.5, 0.6) is 0 Å². The fourth-order valence-corrected chi connectivity index (χ4v) is 4.13. The number of amides is 1. The minimum Gasteiger partial charge on any atom is -0.350 e. The van der Waals surface area contributed by atoms with Gasteiger partial charge in [-0.15, -0.1) is 0 Å². The number of nitrogens with zero attached hydrogens (tertiary/aromatic N) is 2. The van der Waals surface area contributed by atoms with E-state index in [1.54, 1.807) is 12.1 Å². The molecule has 0 aliphatic heterocycles. The average Bonchev–Trinajstić information content (AvgIpc) is 2.74. The molecule has 7 nitrogen and oxygen atoms in total. The molecule has 0 bridgehead atoms. The van der Waals surface area contributed by atoms with Crippen LogP contribution in [0.1, 0.15) is 27.2 Å². The molecule has 0 saturated heterocycles. The zero-order valence-corrected chi connectivity index (χ0v) is 19.1. The van der Waals surface area contributed by atoms with E-state index in [0.29, 0.717) is 23.9 Å². The number of hydrogen-bond donors (Lipinski definition) is 2. The normalized spacial score (nSPS) is 11.3. The molecule has 2 aromatic carbocycles. The number of hydrogen-bond acceptors (Lipinski definition) is 6. The van der Waals surface area contributed by atoms with Gasteiger partial charge in [-0.3, -0.25) is 4.79 Å². The van der Waals surface area contributed by atoms with Crippen LogP contribution >= 0.6 is 23.4 Å². The molecule has 10 heteroatoms. The number of aryl methyl sites for hydroxylation is 1. The molecule has 0 fully saturated rings. The number of carbonyl (C=O) groups excluding carboxylic acids is 1. The molecule has 0 aliphatic carbocycles. The van der Waals surface area contributed by atoms with Crippen LogP contribution in [-0.2, 0) is 22.2 Å². The monoisotopic (exact) mass is 476 g/mol. The molecule has 1 heterocycles. The topological polar surface area (TPSA) is 115 Å². The van der Waals surface area contributed by atoms with Gasteiger partial charge in [0.1, 0.15) is 0 Å². The van der Waals surface area contributed by atoms with Gasteiger partial charge in [0.25, 0.3) is 5.91 Å². The maximum atomic E-state index is 12.5. The van der Waals surface area contributed by atoms with Crippen molar-refractivity contribution in [3.8, 4) is 0 Å². The van der Waals surface area contributed by atoms with E-state index in [4.69, 9.17) is 16.7 Å². The lowest BCUT2D eigenvalue weighted by molar-refractivity contribution is 0.0948. The molecule has 1 aromatic heterocycles. The van der Waals surface area contributed by atoms with Crippen LogP contribution in [0.25, 0.3) is 0 Å². The molecule has 0 unspecified atom stereocenters. The summed E-state index contributed by atoms with van der Waals surface area (Å²) >= 11 is 7.54. The van der Waals surface area contributed by atoms with E-state index in [2.05, 4.69) is 15.3 Å². The van der Waals surface area contributed by atoms with Crippen LogP contribution in [0.4, 0.5) is 0 Å². The SMILES string of the molecule is Cc1ccc(CSc2ncc(Cl)c(C(=O)NCCc3ccc(S(N)(=O)=O)cc3)n2)cc1. The van der Waals surface area contributed by atoms with Gasteiger partial charge in [-0.2, -0.15) is 0 Å². The third-order valence-electron chi connectivity index (χ3n) is 4.38. The second kappa shape index (κ2) is 10.2. The summed E-state index contributed by atoms with van der Waals surface area (Å²) < 4.78 is 22.6. The van der Waals surface area contributed by atoms with Crippen molar-refractivity contribution in [2.24, 2.45) is 5.14 Å². The van der Waals surface area contributed by atoms with Crippen LogP contribution in [0.2, 0.25) is 5.02 Å². The zero-order chi connectivity index (χ0) is 22.4. The highest BCUT2D eigenvalue weighted by molar-refractivity contribution is 7.98. The van der Waals surface area contributed by atoms with Gasteiger partial charge < -0.3 is 5.32 Å². The molecule has 162 valence electrons. The van der Waals surface area contributed by atoms with E-state index in [9.17, 15) is 13.2 Å². The predicted octanol–water partition coefficient (Wildman–Crippen LogP) is 3.35. The molecule has 0 saturated carbocycles. The van der Waals surface area contributed by atoms with Gasteiger partial charge in [0.05, 0.1) is 16.1 Å². The quantitative estimate of drug-likeness (QED) is 0.380. The average molecular weight is 477 g/mol. The number of aromatic nitrogens is 2. The minimum absolute atomic E-state index is 0.0451. The van der Waals surface area contributed by atoms with Crippen LogP contribution in [0.15, 0.2) is 64.8 Å². The van der Waals surface area contributed by atoms with Crippen molar-refractivity contribution in [1.29, 1.82) is 0 Å². The van der Waals surface area contributed by atoms with E-state index in [1.807, 2.05) is 31.2 Å². The maximum absolute atomic E-state index is 12.5. The summed E-state index contributed by atoms with van der Waals surface area (Å²) in [6, 6.07) is 14.4. The van der Waals surface area contributed by atoms with Crippen LogP contribution in [0, 0.1) is 6.92 Å². The van der Waals surface area contributed by atoms with Crippen molar-refractivity contribution in [3.63, 3.8) is 0 Å². The summed E-state index contributed by atoms with van der Waals surface area (Å²) in [4.78, 5) is 21.0. The van der Waals surface area contributed by atoms with Gasteiger partial charge in [0.2, 0.25) is 10.0 Å². The van der Waals surface area contributed by atoms with Crippen molar-refractivity contribution >= 4 is 39.3 Å². The van der Waals surface area contributed by atoms with Crippen molar-refractivity contribution in [2.75, 3.05) is 6.54 Å². The lowest BCUT2D eigenvalue weighted by Gasteiger charge is -2.08. The van der Waals surface area contributed by atoms with Crippen LogP contribution in [-0.4, -0.2) is 30.8 Å². The van der Waals surface area contributed by atoms with Crippen molar-refractivity contribution in [1.82, 2.24) is 15.3 Å². The Bertz CT molecular complexity index is 1170. The third-order valence-corrected chi connectivity index (χ3v) is 6.52. The van der Waals surface area contributed by atoms with E-state index in [1.165, 1.54) is 35.7 Å². The molecule has 0 atom stereocenters. The van der Waals surface area contributed by atoms with Gasteiger partial charge in [0.15, 0.2) is 10.9 Å². The van der Waals surface area contributed by atoms with Gasteiger partial charge in [0, 0.05) is 12.3 Å². The number of nitrogens with one attached hydrogen (secondary N) is 1. The predicted molar refractivity (Wildman–Crippen MR) is 122 cm³/mol. The van der Waals surface area contributed by atoms with Crippen molar-refractivity contribution < 1.29 is 13.2 Å². The molecule has 0 radical (unpaired) electrons. The third kappa shape index (κ3) is 6.76. The summed E-state index contributed by atoms with van der Waals surface area (Å²) in [5.74, 6) is 0.281. The molecular weight excluding hydrogens is 456 g/mol. The highest BCUT2D eigenvalue weighted by atomic mass is 35.5. The number of nitrogens with two attached hydrogens (primary N) is 1. The van der Waals surface area contributed by atoms with Crippen molar-refractivity contribution in [2.45, 2.75) is 29.1 Å². The molecule has 0 aliphatic rings. The van der Waals surface area contributed by atoms with E-state index >= 15 is 0 Å². The summed E-state index contributed by atoms with van der Waals surface area (Å²) in [6.07, 6.45) is 1.93. The Kier molecular flexibility index (Phi) is 7.66.